The van der Waals surface area contributed by atoms with E-state index in [9.17, 15) is 18.0 Å². The molecule has 0 aliphatic rings. The smallest absolute Gasteiger partial charge is 0.362 e. The largest absolute Gasteiger partial charge is 0.411 e. The fraction of sp³-hybridized carbons (Fsp3) is 0.875. The Morgan fingerprint density at radius 3 is 2.60 bits per heavy atom. The Kier molecular flexibility index (Phi) is 6.67. The Hall–Kier alpha value is -0.490. The molecule has 0 spiro atoms. The van der Waals surface area contributed by atoms with Crippen molar-refractivity contribution in [3.8, 4) is 0 Å². The van der Waals surface area contributed by atoms with Crippen molar-refractivity contribution in [1.29, 1.82) is 0 Å². The van der Waals surface area contributed by atoms with Crippen LogP contribution in [0, 0.1) is 0 Å². The SMILES string of the molecule is CC(Cl)CCNC(=O)COCC(F)(F)F. The van der Waals surface area contributed by atoms with Crippen LogP contribution in [0.25, 0.3) is 0 Å². The molecular weight excluding hydrogens is 235 g/mol. The van der Waals surface area contributed by atoms with Gasteiger partial charge >= 0.3 is 6.18 Å². The molecule has 15 heavy (non-hydrogen) atoms. The number of hydrogen-bond acceptors (Lipinski definition) is 2. The Morgan fingerprint density at radius 2 is 2.13 bits per heavy atom. The Labute approximate surface area is 90.9 Å². The first-order valence-electron chi connectivity index (χ1n) is 4.36. The fourth-order valence-corrected chi connectivity index (χ4v) is 0.830. The highest BCUT2D eigenvalue weighted by molar-refractivity contribution is 6.20. The van der Waals surface area contributed by atoms with Crippen LogP contribution in [0.15, 0.2) is 0 Å². The lowest BCUT2D eigenvalue weighted by atomic mass is 10.3. The molecule has 7 heteroatoms. The summed E-state index contributed by atoms with van der Waals surface area (Å²) >= 11 is 5.59. The third kappa shape index (κ3) is 11.4. The predicted octanol–water partition coefficient (Wildman–Crippen LogP) is 1.70. The van der Waals surface area contributed by atoms with Crippen LogP contribution in [0.4, 0.5) is 13.2 Å². The lowest BCUT2D eigenvalue weighted by Gasteiger charge is -2.08. The molecule has 0 aromatic heterocycles. The van der Waals surface area contributed by atoms with Crippen LogP contribution in [-0.2, 0) is 9.53 Å². The van der Waals surface area contributed by atoms with Gasteiger partial charge < -0.3 is 10.1 Å². The minimum Gasteiger partial charge on any atom is -0.362 e. The molecule has 0 heterocycles. The average Bonchev–Trinajstić information content (AvgIpc) is 2.00. The van der Waals surface area contributed by atoms with Gasteiger partial charge in [0.05, 0.1) is 0 Å². The quantitative estimate of drug-likeness (QED) is 0.726. The second-order valence-electron chi connectivity index (χ2n) is 3.03. The standard InChI is InChI=1S/C8H13ClF3NO2/c1-6(9)2-3-13-7(14)4-15-5-8(10,11)12/h6H,2-5H2,1H3,(H,13,14). The molecule has 90 valence electrons. The zero-order chi connectivity index (χ0) is 11.9. The molecule has 1 N–H and O–H groups in total. The van der Waals surface area contributed by atoms with Crippen LogP contribution in [0.3, 0.4) is 0 Å². The van der Waals surface area contributed by atoms with E-state index >= 15 is 0 Å². The summed E-state index contributed by atoms with van der Waals surface area (Å²) in [6.07, 6.45) is -3.84. The fourth-order valence-electron chi connectivity index (χ4n) is 0.721. The third-order valence-corrected chi connectivity index (χ3v) is 1.58. The van der Waals surface area contributed by atoms with Crippen LogP contribution in [0.1, 0.15) is 13.3 Å². The minimum atomic E-state index is -4.40. The van der Waals surface area contributed by atoms with Crippen LogP contribution in [-0.4, -0.2) is 37.2 Å². The van der Waals surface area contributed by atoms with E-state index in [1.807, 2.05) is 0 Å². The molecule has 3 nitrogen and oxygen atoms in total. The maximum absolute atomic E-state index is 11.6. The van der Waals surface area contributed by atoms with E-state index in [1.165, 1.54) is 0 Å². The summed E-state index contributed by atoms with van der Waals surface area (Å²) in [6, 6.07) is 0. The molecule has 0 saturated heterocycles. The van der Waals surface area contributed by atoms with Crippen LogP contribution in [0.2, 0.25) is 0 Å². The summed E-state index contributed by atoms with van der Waals surface area (Å²) in [4.78, 5) is 10.9. The van der Waals surface area contributed by atoms with E-state index in [1.54, 1.807) is 6.92 Å². The molecule has 0 fully saturated rings. The zero-order valence-electron chi connectivity index (χ0n) is 8.23. The Morgan fingerprint density at radius 1 is 1.53 bits per heavy atom. The van der Waals surface area contributed by atoms with Gasteiger partial charge in [0.15, 0.2) is 0 Å². The van der Waals surface area contributed by atoms with Crippen LogP contribution in [0.5, 0.6) is 0 Å². The van der Waals surface area contributed by atoms with Gasteiger partial charge in [-0.15, -0.1) is 11.6 Å². The molecule has 0 bridgehead atoms. The van der Waals surface area contributed by atoms with Crippen molar-refractivity contribution in [2.75, 3.05) is 19.8 Å². The van der Waals surface area contributed by atoms with E-state index in [4.69, 9.17) is 11.6 Å². The molecule has 0 aliphatic heterocycles. The van der Waals surface area contributed by atoms with E-state index in [2.05, 4.69) is 10.1 Å². The van der Waals surface area contributed by atoms with Crippen LogP contribution < -0.4 is 5.32 Å². The number of nitrogens with one attached hydrogen (secondary N) is 1. The number of carbonyl (C=O) groups excluding carboxylic acids is 1. The maximum Gasteiger partial charge on any atom is 0.411 e. The lowest BCUT2D eigenvalue weighted by Crippen LogP contribution is -2.31. The monoisotopic (exact) mass is 247 g/mol. The average molecular weight is 248 g/mol. The van der Waals surface area contributed by atoms with Gasteiger partial charge in [0.2, 0.25) is 5.91 Å². The summed E-state index contributed by atoms with van der Waals surface area (Å²) in [7, 11) is 0. The number of rotatable bonds is 6. The molecule has 1 unspecified atom stereocenters. The number of hydrogen-bond donors (Lipinski definition) is 1. The predicted molar refractivity (Wildman–Crippen MR) is 49.8 cm³/mol. The molecule has 0 aromatic carbocycles. The van der Waals surface area contributed by atoms with Gasteiger partial charge in [-0.05, 0) is 13.3 Å². The van der Waals surface area contributed by atoms with E-state index in [-0.39, 0.29) is 5.38 Å². The Balaban J connectivity index is 3.42. The van der Waals surface area contributed by atoms with Gasteiger partial charge in [0.1, 0.15) is 13.2 Å². The van der Waals surface area contributed by atoms with Gasteiger partial charge in [-0.25, -0.2) is 0 Å². The number of amides is 1. The second-order valence-corrected chi connectivity index (χ2v) is 3.77. The normalized spacial score (nSPS) is 13.7. The highest BCUT2D eigenvalue weighted by Crippen LogP contribution is 2.13. The molecule has 0 radical (unpaired) electrons. The van der Waals surface area contributed by atoms with Gasteiger partial charge in [0.25, 0.3) is 0 Å². The van der Waals surface area contributed by atoms with E-state index in [0.29, 0.717) is 13.0 Å². The third-order valence-electron chi connectivity index (χ3n) is 1.36. The van der Waals surface area contributed by atoms with Crippen molar-refractivity contribution in [2.45, 2.75) is 24.9 Å². The molecule has 0 rings (SSSR count). The second kappa shape index (κ2) is 6.90. The highest BCUT2D eigenvalue weighted by atomic mass is 35.5. The first-order valence-corrected chi connectivity index (χ1v) is 4.80. The topological polar surface area (TPSA) is 38.3 Å². The van der Waals surface area contributed by atoms with Crippen molar-refractivity contribution in [1.82, 2.24) is 5.32 Å². The minimum absolute atomic E-state index is 0.0820. The highest BCUT2D eigenvalue weighted by Gasteiger charge is 2.27. The number of carbonyl (C=O) groups is 1. The van der Waals surface area contributed by atoms with Crippen molar-refractivity contribution < 1.29 is 22.7 Å². The molecule has 0 aromatic rings. The molecule has 1 amide bonds. The number of halogens is 4. The van der Waals surface area contributed by atoms with Gasteiger partial charge in [0, 0.05) is 11.9 Å². The van der Waals surface area contributed by atoms with Crippen molar-refractivity contribution in [3.05, 3.63) is 0 Å². The van der Waals surface area contributed by atoms with Crippen LogP contribution >= 0.6 is 11.6 Å². The Bertz CT molecular complexity index is 197. The molecule has 0 aliphatic carbocycles. The zero-order valence-corrected chi connectivity index (χ0v) is 8.99. The summed E-state index contributed by atoms with van der Waals surface area (Å²) in [5.41, 5.74) is 0. The van der Waals surface area contributed by atoms with E-state index < -0.39 is 25.3 Å². The summed E-state index contributed by atoms with van der Waals surface area (Å²) in [5.74, 6) is -0.573. The first kappa shape index (κ1) is 14.5. The van der Waals surface area contributed by atoms with Gasteiger partial charge in [-0.3, -0.25) is 4.79 Å². The lowest BCUT2D eigenvalue weighted by molar-refractivity contribution is -0.175. The number of alkyl halides is 4. The van der Waals surface area contributed by atoms with Crippen molar-refractivity contribution in [2.24, 2.45) is 0 Å². The molecule has 0 saturated carbocycles. The molecular formula is C8H13ClF3NO2. The first-order chi connectivity index (χ1) is 6.81. The van der Waals surface area contributed by atoms with E-state index in [0.717, 1.165) is 0 Å². The molecule has 1 atom stereocenters. The summed E-state index contributed by atoms with van der Waals surface area (Å²) < 4.78 is 38.9. The van der Waals surface area contributed by atoms with Crippen molar-refractivity contribution in [3.63, 3.8) is 0 Å². The van der Waals surface area contributed by atoms with Crippen molar-refractivity contribution >= 4 is 17.5 Å². The summed E-state index contributed by atoms with van der Waals surface area (Å²) in [6.45, 7) is 0.0925. The summed E-state index contributed by atoms with van der Waals surface area (Å²) in [5, 5.41) is 2.30. The van der Waals surface area contributed by atoms with Gasteiger partial charge in [-0.1, -0.05) is 0 Å². The maximum atomic E-state index is 11.6. The van der Waals surface area contributed by atoms with Gasteiger partial charge in [-0.2, -0.15) is 13.2 Å². The number of ether oxygens (including phenoxy) is 1.